The van der Waals surface area contributed by atoms with Crippen molar-refractivity contribution in [2.24, 2.45) is 0 Å². The van der Waals surface area contributed by atoms with Crippen molar-refractivity contribution >= 4 is 33.3 Å². The minimum Gasteiger partial charge on any atom is -0.411 e. The summed E-state index contributed by atoms with van der Waals surface area (Å²) >= 11 is 2.76. The second kappa shape index (κ2) is 6.90. The molecule has 0 unspecified atom stereocenters. The molecule has 6 nitrogen and oxygen atoms in total. The molecule has 0 saturated carbocycles. The number of aromatic nitrogens is 4. The van der Waals surface area contributed by atoms with Crippen LogP contribution in [0.25, 0.3) is 21.7 Å². The van der Waals surface area contributed by atoms with E-state index < -0.39 is 5.82 Å². The van der Waals surface area contributed by atoms with Crippen LogP contribution in [0.4, 0.5) is 4.39 Å². The van der Waals surface area contributed by atoms with E-state index in [4.69, 9.17) is 4.42 Å². The first kappa shape index (κ1) is 17.9. The van der Waals surface area contributed by atoms with Crippen molar-refractivity contribution in [3.63, 3.8) is 0 Å². The first-order chi connectivity index (χ1) is 12.9. The lowest BCUT2D eigenvalue weighted by molar-refractivity contribution is 0.462. The normalized spacial score (nSPS) is 12.6. The number of halogens is 1. The molecule has 1 atom stereocenters. The van der Waals surface area contributed by atoms with Gasteiger partial charge in [0.25, 0.3) is 16.7 Å². The van der Waals surface area contributed by atoms with Gasteiger partial charge in [-0.25, -0.2) is 9.37 Å². The van der Waals surface area contributed by atoms with Crippen LogP contribution in [-0.2, 0) is 0 Å². The van der Waals surface area contributed by atoms with Gasteiger partial charge in [-0.15, -0.1) is 21.5 Å². The van der Waals surface area contributed by atoms with Crippen molar-refractivity contribution in [3.05, 3.63) is 56.7 Å². The van der Waals surface area contributed by atoms with E-state index in [-0.39, 0.29) is 27.5 Å². The molecule has 0 amide bonds. The van der Waals surface area contributed by atoms with Gasteiger partial charge in [0, 0.05) is 4.88 Å². The number of fused-ring (bicyclic) bond motifs is 1. The Morgan fingerprint density at radius 1 is 1.26 bits per heavy atom. The maximum absolute atomic E-state index is 13.9. The molecule has 1 N–H and O–H groups in total. The van der Waals surface area contributed by atoms with Crippen LogP contribution in [0.5, 0.6) is 0 Å². The first-order valence-corrected chi connectivity index (χ1v) is 9.88. The molecule has 4 aromatic rings. The van der Waals surface area contributed by atoms with E-state index in [0.29, 0.717) is 16.0 Å². The zero-order valence-corrected chi connectivity index (χ0v) is 16.4. The highest BCUT2D eigenvalue weighted by molar-refractivity contribution is 7.99. The van der Waals surface area contributed by atoms with E-state index in [9.17, 15) is 9.18 Å². The molecular formula is C18H15FN4O2S2. The number of benzene rings is 1. The number of thiophene rings is 1. The summed E-state index contributed by atoms with van der Waals surface area (Å²) in [5.74, 6) is 0.222. The maximum Gasteiger partial charge on any atom is 0.277 e. The van der Waals surface area contributed by atoms with Gasteiger partial charge in [-0.1, -0.05) is 23.9 Å². The largest absolute Gasteiger partial charge is 0.411 e. The van der Waals surface area contributed by atoms with Crippen LogP contribution in [-0.4, -0.2) is 20.2 Å². The molecule has 9 heteroatoms. The van der Waals surface area contributed by atoms with Gasteiger partial charge in [0.2, 0.25) is 0 Å². The number of hydrogen-bond donors (Lipinski definition) is 1. The molecule has 0 saturated heterocycles. The van der Waals surface area contributed by atoms with Gasteiger partial charge in [0.05, 0.1) is 16.2 Å². The Hall–Kier alpha value is -2.52. The molecule has 1 aromatic carbocycles. The fraction of sp³-hybridized carbons (Fsp3) is 0.222. The van der Waals surface area contributed by atoms with Gasteiger partial charge in [0.1, 0.15) is 16.5 Å². The lowest BCUT2D eigenvalue weighted by Crippen LogP contribution is -2.12. The van der Waals surface area contributed by atoms with E-state index in [1.54, 1.807) is 18.2 Å². The van der Waals surface area contributed by atoms with Crippen LogP contribution in [0, 0.1) is 19.7 Å². The lowest BCUT2D eigenvalue weighted by atomic mass is 10.2. The number of nitrogens with zero attached hydrogens (tertiary/aromatic N) is 3. The predicted octanol–water partition coefficient (Wildman–Crippen LogP) is 4.64. The average Bonchev–Trinajstić information content (AvgIpc) is 3.20. The van der Waals surface area contributed by atoms with Gasteiger partial charge in [-0.2, -0.15) is 0 Å². The van der Waals surface area contributed by atoms with Crippen molar-refractivity contribution in [1.29, 1.82) is 0 Å². The minimum atomic E-state index is -0.425. The van der Waals surface area contributed by atoms with Gasteiger partial charge >= 0.3 is 0 Å². The van der Waals surface area contributed by atoms with E-state index in [2.05, 4.69) is 20.2 Å². The Balaban J connectivity index is 1.62. The van der Waals surface area contributed by atoms with Crippen molar-refractivity contribution in [1.82, 2.24) is 20.2 Å². The van der Waals surface area contributed by atoms with E-state index in [1.807, 2.05) is 20.8 Å². The molecule has 3 heterocycles. The molecule has 4 rings (SSSR count). The fourth-order valence-electron chi connectivity index (χ4n) is 2.67. The number of thioether (sulfide) groups is 1. The molecule has 3 aromatic heterocycles. The standard InChI is InChI=1S/C18H15FN4O2S2/c1-8-9(2)26-17-13(8)15(24)20-14(21-17)10(3)27-18-23-22-16(25-18)11-6-4-5-7-12(11)19/h4-7,10H,1-3H3,(H,20,21,24)/t10-/m0/s1. The zero-order valence-electron chi connectivity index (χ0n) is 14.7. The van der Waals surface area contributed by atoms with Gasteiger partial charge in [-0.05, 0) is 38.5 Å². The zero-order chi connectivity index (χ0) is 19.1. The van der Waals surface area contributed by atoms with Crippen LogP contribution in [0.2, 0.25) is 0 Å². The molecule has 0 spiro atoms. The third kappa shape index (κ3) is 3.28. The Bertz CT molecular complexity index is 1200. The van der Waals surface area contributed by atoms with Crippen LogP contribution >= 0.6 is 23.1 Å². The summed E-state index contributed by atoms with van der Waals surface area (Å²) in [4.78, 5) is 21.6. The SMILES string of the molecule is Cc1sc2nc([C@H](C)Sc3nnc(-c4ccccc4F)o3)[nH]c(=O)c2c1C. The highest BCUT2D eigenvalue weighted by Crippen LogP contribution is 2.35. The first-order valence-electron chi connectivity index (χ1n) is 8.19. The molecule has 138 valence electrons. The summed E-state index contributed by atoms with van der Waals surface area (Å²) in [5.41, 5.74) is 1.06. The Kier molecular flexibility index (Phi) is 4.56. The third-order valence-corrected chi connectivity index (χ3v) is 6.28. The number of nitrogens with one attached hydrogen (secondary N) is 1. The summed E-state index contributed by atoms with van der Waals surface area (Å²) in [6.45, 7) is 5.78. The molecule has 0 fully saturated rings. The van der Waals surface area contributed by atoms with Crippen molar-refractivity contribution < 1.29 is 8.81 Å². The quantitative estimate of drug-likeness (QED) is 0.501. The predicted molar refractivity (Wildman–Crippen MR) is 104 cm³/mol. The Morgan fingerprint density at radius 3 is 2.81 bits per heavy atom. The number of hydrogen-bond acceptors (Lipinski definition) is 7. The van der Waals surface area contributed by atoms with E-state index in [1.165, 1.54) is 29.2 Å². The summed E-state index contributed by atoms with van der Waals surface area (Å²) in [7, 11) is 0. The summed E-state index contributed by atoms with van der Waals surface area (Å²) in [6, 6.07) is 6.21. The van der Waals surface area contributed by atoms with E-state index in [0.717, 1.165) is 10.4 Å². The smallest absolute Gasteiger partial charge is 0.277 e. The van der Waals surface area contributed by atoms with E-state index >= 15 is 0 Å². The Labute approximate surface area is 161 Å². The van der Waals surface area contributed by atoms with Gasteiger partial charge in [-0.3, -0.25) is 4.79 Å². The topological polar surface area (TPSA) is 84.7 Å². The molecule has 0 radical (unpaired) electrons. The number of H-pyrrole nitrogens is 1. The molecular weight excluding hydrogens is 387 g/mol. The summed E-state index contributed by atoms with van der Waals surface area (Å²) < 4.78 is 19.4. The number of aryl methyl sites for hydroxylation is 2. The number of rotatable bonds is 4. The third-order valence-electron chi connectivity index (χ3n) is 4.23. The maximum atomic E-state index is 13.9. The highest BCUT2D eigenvalue weighted by atomic mass is 32.2. The monoisotopic (exact) mass is 402 g/mol. The van der Waals surface area contributed by atoms with Gasteiger partial charge < -0.3 is 9.40 Å². The number of aromatic amines is 1. The van der Waals surface area contributed by atoms with Gasteiger partial charge in [0.15, 0.2) is 0 Å². The summed E-state index contributed by atoms with van der Waals surface area (Å²) in [5, 5.41) is 8.57. The highest BCUT2D eigenvalue weighted by Gasteiger charge is 2.19. The fourth-order valence-corrected chi connectivity index (χ4v) is 4.45. The van der Waals surface area contributed by atoms with Crippen LogP contribution in [0.1, 0.15) is 28.4 Å². The van der Waals surface area contributed by atoms with Crippen molar-refractivity contribution in [2.45, 2.75) is 31.2 Å². The van der Waals surface area contributed by atoms with Crippen molar-refractivity contribution in [2.75, 3.05) is 0 Å². The molecule has 0 aliphatic heterocycles. The second-order valence-electron chi connectivity index (χ2n) is 6.03. The molecule has 0 bridgehead atoms. The Morgan fingerprint density at radius 2 is 2.04 bits per heavy atom. The minimum absolute atomic E-state index is 0.115. The average molecular weight is 402 g/mol. The molecule has 27 heavy (non-hydrogen) atoms. The lowest BCUT2D eigenvalue weighted by Gasteiger charge is -2.07. The van der Waals surface area contributed by atoms with Crippen LogP contribution in [0.15, 0.2) is 38.7 Å². The van der Waals surface area contributed by atoms with Crippen LogP contribution in [0.3, 0.4) is 0 Å². The van der Waals surface area contributed by atoms with Crippen LogP contribution < -0.4 is 5.56 Å². The summed E-state index contributed by atoms with van der Waals surface area (Å²) in [6.07, 6.45) is 0. The van der Waals surface area contributed by atoms with Crippen molar-refractivity contribution in [3.8, 4) is 11.5 Å². The second-order valence-corrected chi connectivity index (χ2v) is 8.52. The molecule has 0 aliphatic rings. The molecule has 0 aliphatic carbocycles.